The van der Waals surface area contributed by atoms with Crippen LogP contribution in [-0.2, 0) is 16.0 Å². The number of nitrogens with zero attached hydrogens (tertiary/aromatic N) is 1. The highest BCUT2D eigenvalue weighted by Gasteiger charge is 2.41. The molecule has 0 aliphatic carbocycles. The molecule has 3 N–H and O–H groups in total. The largest absolute Gasteiger partial charge is 0.497 e. The van der Waals surface area contributed by atoms with Crippen LogP contribution in [0.3, 0.4) is 0 Å². The second kappa shape index (κ2) is 11.3. The molecule has 0 saturated heterocycles. The molecule has 0 unspecified atom stereocenters. The maximum absolute atomic E-state index is 13.9. The van der Waals surface area contributed by atoms with E-state index in [1.807, 2.05) is 24.3 Å². The predicted octanol–water partition coefficient (Wildman–Crippen LogP) is 4.75. The highest BCUT2D eigenvalue weighted by atomic mass is 32.1. The maximum Gasteiger partial charge on any atom is 0.326 e. The summed E-state index contributed by atoms with van der Waals surface area (Å²) >= 11 is 1.24. The van der Waals surface area contributed by atoms with Gasteiger partial charge in [-0.2, -0.15) is 0 Å². The van der Waals surface area contributed by atoms with Crippen LogP contribution in [0.25, 0.3) is 10.4 Å². The number of aliphatic carboxylic acids is 1. The lowest BCUT2D eigenvalue weighted by Gasteiger charge is -2.42. The van der Waals surface area contributed by atoms with Crippen LogP contribution in [0.5, 0.6) is 5.75 Å². The third-order valence-electron chi connectivity index (χ3n) is 5.85. The van der Waals surface area contributed by atoms with E-state index in [0.717, 1.165) is 16.0 Å². The Labute approximate surface area is 213 Å². The van der Waals surface area contributed by atoms with Gasteiger partial charge in [-0.3, -0.25) is 9.59 Å². The summed E-state index contributed by atoms with van der Waals surface area (Å²) in [5.41, 5.74) is 5.89. The first-order valence-corrected chi connectivity index (χ1v) is 12.2. The summed E-state index contributed by atoms with van der Waals surface area (Å²) in [5.74, 6) is -2.08. The predicted molar refractivity (Wildman–Crippen MR) is 137 cm³/mol. The Hall–Kier alpha value is -3.72. The third-order valence-corrected chi connectivity index (χ3v) is 6.98. The highest BCUT2D eigenvalue weighted by Crippen LogP contribution is 2.34. The minimum Gasteiger partial charge on any atom is -0.497 e. The van der Waals surface area contributed by atoms with Gasteiger partial charge in [-0.05, 0) is 74.2 Å². The number of carboxylic acid groups (broad SMARTS) is 1. The number of hydrogen-bond donors (Lipinski definition) is 2. The average molecular weight is 513 g/mol. The van der Waals surface area contributed by atoms with Gasteiger partial charge in [-0.1, -0.05) is 24.3 Å². The van der Waals surface area contributed by atoms with Crippen LogP contribution in [0.15, 0.2) is 60.7 Å². The van der Waals surface area contributed by atoms with Crippen molar-refractivity contribution >= 4 is 29.1 Å². The molecule has 1 atom stereocenters. The average Bonchev–Trinajstić information content (AvgIpc) is 3.33. The monoisotopic (exact) mass is 512 g/mol. The van der Waals surface area contributed by atoms with Gasteiger partial charge in [0, 0.05) is 16.8 Å². The quantitative estimate of drug-likeness (QED) is 0.385. The van der Waals surface area contributed by atoms with Crippen molar-refractivity contribution in [3.63, 3.8) is 0 Å². The lowest BCUT2D eigenvalue weighted by atomic mass is 9.90. The van der Waals surface area contributed by atoms with Crippen molar-refractivity contribution < 1.29 is 28.6 Å². The van der Waals surface area contributed by atoms with Crippen LogP contribution in [0, 0.1) is 5.82 Å². The second-order valence-electron chi connectivity index (χ2n) is 9.05. The normalized spacial score (nSPS) is 12.1. The Morgan fingerprint density at radius 2 is 1.81 bits per heavy atom. The standard InChI is InChI=1S/C27H29FN2O5S/c1-27(2,16-17-7-9-19(28)10-8-17)30(21(26(33)34)11-14-24(29)31)25(32)23-13-12-22(36-23)18-5-4-6-20(15-18)35-3/h4-10,12-13,15,21H,11,14,16H2,1-3H3,(H2,29,31)(H,33,34)/t21-/m0/s1. The zero-order chi connectivity index (χ0) is 26.5. The van der Waals surface area contributed by atoms with E-state index in [1.54, 1.807) is 45.2 Å². The van der Waals surface area contributed by atoms with Crippen molar-refractivity contribution in [1.29, 1.82) is 0 Å². The topological polar surface area (TPSA) is 110 Å². The zero-order valence-electron chi connectivity index (χ0n) is 20.4. The molecule has 2 amide bonds. The van der Waals surface area contributed by atoms with Gasteiger partial charge in [-0.25, -0.2) is 9.18 Å². The van der Waals surface area contributed by atoms with Crippen molar-refractivity contribution in [1.82, 2.24) is 4.90 Å². The number of carbonyl (C=O) groups is 3. The molecule has 0 spiro atoms. The molecule has 0 aliphatic heterocycles. The number of hydrogen-bond acceptors (Lipinski definition) is 5. The van der Waals surface area contributed by atoms with Crippen molar-refractivity contribution in [2.75, 3.05) is 7.11 Å². The fraction of sp³-hybridized carbons (Fsp3) is 0.296. The molecule has 7 nitrogen and oxygen atoms in total. The minimum absolute atomic E-state index is 0.128. The molecule has 3 rings (SSSR count). The molecule has 0 radical (unpaired) electrons. The van der Waals surface area contributed by atoms with Crippen molar-refractivity contribution in [3.05, 3.63) is 76.9 Å². The van der Waals surface area contributed by atoms with E-state index in [1.165, 1.54) is 28.4 Å². The number of carbonyl (C=O) groups excluding carboxylic acids is 2. The number of methoxy groups -OCH3 is 1. The van der Waals surface area contributed by atoms with Gasteiger partial charge in [0.25, 0.3) is 5.91 Å². The van der Waals surface area contributed by atoms with Crippen LogP contribution in [0.2, 0.25) is 0 Å². The number of thiophene rings is 1. The molecule has 0 fully saturated rings. The Morgan fingerprint density at radius 3 is 2.42 bits per heavy atom. The maximum atomic E-state index is 13.9. The number of benzene rings is 2. The molecule has 9 heteroatoms. The molecular weight excluding hydrogens is 483 g/mol. The number of carboxylic acids is 1. The molecule has 3 aromatic rings. The Morgan fingerprint density at radius 1 is 1.11 bits per heavy atom. The Balaban J connectivity index is 2.00. The molecule has 1 heterocycles. The summed E-state index contributed by atoms with van der Waals surface area (Å²) in [6.07, 6.45) is -0.0439. The molecule has 0 saturated carbocycles. The summed E-state index contributed by atoms with van der Waals surface area (Å²) in [6.45, 7) is 3.51. The lowest BCUT2D eigenvalue weighted by Crippen LogP contribution is -2.57. The van der Waals surface area contributed by atoms with Gasteiger partial charge in [0.05, 0.1) is 12.0 Å². The van der Waals surface area contributed by atoms with E-state index in [9.17, 15) is 23.9 Å². The van der Waals surface area contributed by atoms with Crippen LogP contribution < -0.4 is 10.5 Å². The first-order chi connectivity index (χ1) is 17.0. The number of rotatable bonds is 11. The molecule has 36 heavy (non-hydrogen) atoms. The van der Waals surface area contributed by atoms with Gasteiger partial charge < -0.3 is 20.5 Å². The van der Waals surface area contributed by atoms with Gasteiger partial charge >= 0.3 is 5.97 Å². The van der Waals surface area contributed by atoms with E-state index < -0.39 is 35.2 Å². The fourth-order valence-electron chi connectivity index (χ4n) is 4.17. The van der Waals surface area contributed by atoms with Gasteiger partial charge in [0.1, 0.15) is 17.6 Å². The molecule has 0 bridgehead atoms. The van der Waals surface area contributed by atoms with Gasteiger partial charge in [0.2, 0.25) is 5.91 Å². The van der Waals surface area contributed by atoms with Gasteiger partial charge in [-0.15, -0.1) is 11.3 Å². The van der Waals surface area contributed by atoms with Crippen molar-refractivity contribution in [3.8, 4) is 16.2 Å². The molecule has 1 aromatic heterocycles. The van der Waals surface area contributed by atoms with Crippen LogP contribution >= 0.6 is 11.3 Å². The Kier molecular flexibility index (Phi) is 8.47. The summed E-state index contributed by atoms with van der Waals surface area (Å²) < 4.78 is 18.7. The highest BCUT2D eigenvalue weighted by molar-refractivity contribution is 7.17. The van der Waals surface area contributed by atoms with Crippen LogP contribution in [0.4, 0.5) is 4.39 Å². The fourth-order valence-corrected chi connectivity index (χ4v) is 5.11. The van der Waals surface area contributed by atoms with E-state index >= 15 is 0 Å². The van der Waals surface area contributed by atoms with Crippen LogP contribution in [0.1, 0.15) is 41.9 Å². The smallest absolute Gasteiger partial charge is 0.326 e. The number of amides is 2. The Bertz CT molecular complexity index is 1240. The van der Waals surface area contributed by atoms with Crippen molar-refractivity contribution in [2.45, 2.75) is 44.7 Å². The van der Waals surface area contributed by atoms with Crippen LogP contribution in [-0.4, -0.2) is 46.5 Å². The number of halogens is 1. The zero-order valence-corrected chi connectivity index (χ0v) is 21.2. The molecule has 2 aromatic carbocycles. The lowest BCUT2D eigenvalue weighted by molar-refractivity contribution is -0.144. The van der Waals surface area contributed by atoms with Gasteiger partial charge in [0.15, 0.2) is 0 Å². The summed E-state index contributed by atoms with van der Waals surface area (Å²) in [5, 5.41) is 10.1. The first-order valence-electron chi connectivity index (χ1n) is 11.4. The number of nitrogens with two attached hydrogens (primary N) is 1. The first kappa shape index (κ1) is 26.9. The molecular formula is C27H29FN2O5S. The summed E-state index contributed by atoms with van der Waals surface area (Å²) in [6, 6.07) is 15.4. The van der Waals surface area contributed by atoms with E-state index in [4.69, 9.17) is 10.5 Å². The molecule has 190 valence electrons. The second-order valence-corrected chi connectivity index (χ2v) is 10.1. The number of primary amides is 1. The van der Waals surface area contributed by atoms with E-state index in [0.29, 0.717) is 10.6 Å². The molecule has 0 aliphatic rings. The third kappa shape index (κ3) is 6.48. The summed E-state index contributed by atoms with van der Waals surface area (Å²) in [7, 11) is 1.57. The van der Waals surface area contributed by atoms with E-state index in [2.05, 4.69) is 0 Å². The summed E-state index contributed by atoms with van der Waals surface area (Å²) in [4.78, 5) is 40.1. The van der Waals surface area contributed by atoms with E-state index in [-0.39, 0.29) is 19.3 Å². The number of ether oxygens (including phenoxy) is 1. The van der Waals surface area contributed by atoms with Crippen molar-refractivity contribution in [2.24, 2.45) is 5.73 Å². The minimum atomic E-state index is -1.29. The SMILES string of the molecule is COc1cccc(-c2ccc(C(=O)N([C@@H](CCC(N)=O)C(=O)O)C(C)(C)Cc3ccc(F)cc3)s2)c1.